The molecular weight excluding hydrogens is 244 g/mol. The van der Waals surface area contributed by atoms with Crippen LogP contribution in [0.3, 0.4) is 0 Å². The van der Waals surface area contributed by atoms with Crippen LogP contribution in [0.5, 0.6) is 0 Å². The third-order valence-corrected chi connectivity index (χ3v) is 4.34. The van der Waals surface area contributed by atoms with Gasteiger partial charge in [0, 0.05) is 15.8 Å². The number of carbonyl (C=O) groups excluding carboxylic acids is 1. The molecule has 0 bridgehead atoms. The van der Waals surface area contributed by atoms with E-state index in [9.17, 15) is 4.79 Å². The lowest BCUT2D eigenvalue weighted by molar-refractivity contribution is -0.124. The van der Waals surface area contributed by atoms with Crippen molar-refractivity contribution in [2.45, 2.75) is 39.3 Å². The maximum atomic E-state index is 12.1. The maximum absolute atomic E-state index is 12.1. The third-order valence-electron chi connectivity index (χ3n) is 3.36. The minimum Gasteiger partial charge on any atom is -0.349 e. The minimum absolute atomic E-state index is 0.0289. The molecule has 3 N–H and O–H groups in total. The summed E-state index contributed by atoms with van der Waals surface area (Å²) >= 11 is 1.77. The van der Waals surface area contributed by atoms with Gasteiger partial charge in [0.15, 0.2) is 0 Å². The Bertz CT molecular complexity index is 478. The summed E-state index contributed by atoms with van der Waals surface area (Å²) in [6, 6.07) is 2.25. The second-order valence-corrected chi connectivity index (χ2v) is 6.45. The highest BCUT2D eigenvalue weighted by Gasteiger charge is 2.24. The van der Waals surface area contributed by atoms with Gasteiger partial charge < -0.3 is 11.1 Å². The Balaban J connectivity index is 1.99. The van der Waals surface area contributed by atoms with Crippen molar-refractivity contribution in [1.29, 1.82) is 0 Å². The molecule has 0 aliphatic heterocycles. The first-order valence-corrected chi connectivity index (χ1v) is 7.10. The van der Waals surface area contributed by atoms with Crippen LogP contribution < -0.4 is 11.1 Å². The quantitative estimate of drug-likeness (QED) is 0.824. The lowest BCUT2D eigenvalue weighted by Gasteiger charge is -2.17. The van der Waals surface area contributed by atoms with Crippen molar-refractivity contribution in [2.75, 3.05) is 0 Å². The van der Waals surface area contributed by atoms with Gasteiger partial charge in [0.05, 0.1) is 12.0 Å². The van der Waals surface area contributed by atoms with Gasteiger partial charge in [-0.3, -0.25) is 4.79 Å². The molecule has 0 fully saturated rings. The molecular formula is C14H20N2OS. The molecule has 3 nitrogen and oxygen atoms in total. The first kappa shape index (κ1) is 13.3. The molecule has 3 unspecified atom stereocenters. The van der Waals surface area contributed by atoms with Gasteiger partial charge in [-0.25, -0.2) is 0 Å². The predicted octanol–water partition coefficient (Wildman–Crippen LogP) is 2.45. The number of thiophene rings is 1. The highest BCUT2D eigenvalue weighted by Crippen LogP contribution is 2.27. The fraction of sp³-hybridized carbons (Fsp3) is 0.500. The Hall–Kier alpha value is -1.13. The van der Waals surface area contributed by atoms with Gasteiger partial charge in [-0.15, -0.1) is 11.3 Å². The van der Waals surface area contributed by atoms with Crippen LogP contribution >= 0.6 is 11.3 Å². The van der Waals surface area contributed by atoms with Crippen molar-refractivity contribution in [2.24, 2.45) is 11.7 Å². The minimum atomic E-state index is -0.0671. The van der Waals surface area contributed by atoms with Crippen LogP contribution in [0, 0.1) is 19.8 Å². The van der Waals surface area contributed by atoms with Gasteiger partial charge in [-0.1, -0.05) is 12.2 Å². The normalized spacial score (nSPS) is 24.2. The highest BCUT2D eigenvalue weighted by molar-refractivity contribution is 7.12. The van der Waals surface area contributed by atoms with E-state index < -0.39 is 0 Å². The SMILES string of the molecule is Cc1cc(C(C)NC(=O)C2C=CC(N)C2)c(C)s1. The Morgan fingerprint density at radius 1 is 1.50 bits per heavy atom. The lowest BCUT2D eigenvalue weighted by Crippen LogP contribution is -2.32. The van der Waals surface area contributed by atoms with Crippen molar-refractivity contribution in [3.05, 3.63) is 33.5 Å². The number of hydrogen-bond donors (Lipinski definition) is 2. The van der Waals surface area contributed by atoms with E-state index in [0.29, 0.717) is 0 Å². The molecule has 3 atom stereocenters. The van der Waals surface area contributed by atoms with Crippen molar-refractivity contribution >= 4 is 17.2 Å². The van der Waals surface area contributed by atoms with Gasteiger partial charge in [0.25, 0.3) is 0 Å². The molecule has 2 rings (SSSR count). The molecule has 0 aromatic carbocycles. The highest BCUT2D eigenvalue weighted by atomic mass is 32.1. The van der Waals surface area contributed by atoms with Crippen LogP contribution in [-0.2, 0) is 4.79 Å². The fourth-order valence-electron chi connectivity index (χ4n) is 2.40. The summed E-state index contributed by atoms with van der Waals surface area (Å²) in [7, 11) is 0. The number of nitrogens with one attached hydrogen (secondary N) is 1. The number of aryl methyl sites for hydroxylation is 2. The summed E-state index contributed by atoms with van der Waals surface area (Å²) in [6.07, 6.45) is 4.55. The molecule has 18 heavy (non-hydrogen) atoms. The molecule has 1 aromatic rings. The largest absolute Gasteiger partial charge is 0.349 e. The summed E-state index contributed by atoms with van der Waals surface area (Å²) in [5, 5.41) is 3.07. The maximum Gasteiger partial charge on any atom is 0.227 e. The van der Waals surface area contributed by atoms with E-state index in [0.717, 1.165) is 6.42 Å². The van der Waals surface area contributed by atoms with Crippen LogP contribution in [0.1, 0.15) is 34.7 Å². The molecule has 0 saturated heterocycles. The van der Waals surface area contributed by atoms with Crippen molar-refractivity contribution in [1.82, 2.24) is 5.32 Å². The summed E-state index contributed by atoms with van der Waals surface area (Å²) in [5.74, 6) is 0.0115. The van der Waals surface area contributed by atoms with E-state index in [1.807, 2.05) is 19.1 Å². The van der Waals surface area contributed by atoms with Crippen LogP contribution in [0.4, 0.5) is 0 Å². The number of nitrogens with two attached hydrogens (primary N) is 1. The molecule has 1 amide bonds. The van der Waals surface area contributed by atoms with Crippen LogP contribution in [0.2, 0.25) is 0 Å². The van der Waals surface area contributed by atoms with E-state index in [-0.39, 0.29) is 23.9 Å². The smallest absolute Gasteiger partial charge is 0.227 e. The molecule has 0 radical (unpaired) electrons. The number of hydrogen-bond acceptors (Lipinski definition) is 3. The van der Waals surface area contributed by atoms with E-state index in [2.05, 4.69) is 25.2 Å². The summed E-state index contributed by atoms with van der Waals surface area (Å²) in [5.41, 5.74) is 6.99. The Kier molecular flexibility index (Phi) is 3.88. The lowest BCUT2D eigenvalue weighted by atomic mass is 10.0. The molecule has 1 aliphatic carbocycles. The standard InChI is InChI=1S/C14H20N2OS/c1-8-6-13(10(3)18-8)9(2)16-14(17)11-4-5-12(15)7-11/h4-6,9,11-12H,7,15H2,1-3H3,(H,16,17). The van der Waals surface area contributed by atoms with E-state index in [1.165, 1.54) is 15.3 Å². The van der Waals surface area contributed by atoms with Gasteiger partial charge in [0.1, 0.15) is 0 Å². The monoisotopic (exact) mass is 264 g/mol. The zero-order valence-electron chi connectivity index (χ0n) is 11.1. The first-order chi connectivity index (χ1) is 8.47. The Morgan fingerprint density at radius 2 is 2.22 bits per heavy atom. The van der Waals surface area contributed by atoms with Crippen molar-refractivity contribution in [3.63, 3.8) is 0 Å². The van der Waals surface area contributed by atoms with Crippen molar-refractivity contribution < 1.29 is 4.79 Å². The van der Waals surface area contributed by atoms with E-state index in [1.54, 1.807) is 11.3 Å². The predicted molar refractivity (Wildman–Crippen MR) is 75.6 cm³/mol. The molecule has 1 heterocycles. The Morgan fingerprint density at radius 3 is 2.72 bits per heavy atom. The van der Waals surface area contributed by atoms with Crippen molar-refractivity contribution in [3.8, 4) is 0 Å². The van der Waals surface area contributed by atoms with Crippen LogP contribution in [-0.4, -0.2) is 11.9 Å². The second kappa shape index (κ2) is 5.24. The van der Waals surface area contributed by atoms with Gasteiger partial charge in [0.2, 0.25) is 5.91 Å². The fourth-order valence-corrected chi connectivity index (χ4v) is 3.42. The molecule has 1 aliphatic rings. The zero-order chi connectivity index (χ0) is 13.3. The molecule has 1 aromatic heterocycles. The summed E-state index contributed by atoms with van der Waals surface area (Å²) in [6.45, 7) is 6.22. The second-order valence-electron chi connectivity index (χ2n) is 4.99. The van der Waals surface area contributed by atoms with Crippen LogP contribution in [0.25, 0.3) is 0 Å². The third kappa shape index (κ3) is 2.82. The zero-order valence-corrected chi connectivity index (χ0v) is 11.9. The topological polar surface area (TPSA) is 55.1 Å². The van der Waals surface area contributed by atoms with Gasteiger partial charge in [-0.2, -0.15) is 0 Å². The Labute approximate surface area is 112 Å². The average molecular weight is 264 g/mol. The molecule has 4 heteroatoms. The summed E-state index contributed by atoms with van der Waals surface area (Å²) in [4.78, 5) is 14.6. The van der Waals surface area contributed by atoms with E-state index >= 15 is 0 Å². The molecule has 98 valence electrons. The van der Waals surface area contributed by atoms with E-state index in [4.69, 9.17) is 5.73 Å². The van der Waals surface area contributed by atoms with Gasteiger partial charge in [-0.05, 0) is 38.8 Å². The number of rotatable bonds is 3. The average Bonchev–Trinajstić information content (AvgIpc) is 2.84. The summed E-state index contributed by atoms with van der Waals surface area (Å²) < 4.78 is 0. The molecule has 0 spiro atoms. The number of amides is 1. The number of carbonyl (C=O) groups is 1. The van der Waals surface area contributed by atoms with Crippen LogP contribution in [0.15, 0.2) is 18.2 Å². The molecule has 0 saturated carbocycles. The van der Waals surface area contributed by atoms with Gasteiger partial charge >= 0.3 is 0 Å². The first-order valence-electron chi connectivity index (χ1n) is 6.28.